The van der Waals surface area contributed by atoms with Crippen molar-refractivity contribution in [2.75, 3.05) is 24.7 Å². The number of aromatic hydroxyl groups is 1. The van der Waals surface area contributed by atoms with E-state index in [0.717, 1.165) is 4.31 Å². The summed E-state index contributed by atoms with van der Waals surface area (Å²) in [6.07, 6.45) is 0.233. The average molecular weight is 472 g/mol. The Bertz CT molecular complexity index is 1190. The van der Waals surface area contributed by atoms with E-state index in [2.05, 4.69) is 10.6 Å². The Kier molecular flexibility index (Phi) is 6.89. The van der Waals surface area contributed by atoms with Crippen molar-refractivity contribution in [1.29, 1.82) is 0 Å². The zero-order valence-electron chi connectivity index (χ0n) is 18.2. The van der Waals surface area contributed by atoms with Crippen LogP contribution in [0, 0.1) is 5.41 Å². The number of phenols is 1. The van der Waals surface area contributed by atoms with Crippen molar-refractivity contribution in [2.45, 2.75) is 45.1 Å². The van der Waals surface area contributed by atoms with Crippen LogP contribution < -0.4 is 21.5 Å². The zero-order valence-corrected chi connectivity index (χ0v) is 19.7. The zero-order chi connectivity index (χ0) is 23.9. The molecule has 170 valence electrons. The highest BCUT2D eigenvalue weighted by Gasteiger charge is 2.34. The van der Waals surface area contributed by atoms with Crippen molar-refractivity contribution in [3.05, 3.63) is 37.6 Å². The molecule has 0 aromatic heterocycles. The van der Waals surface area contributed by atoms with Crippen molar-refractivity contribution in [3.8, 4) is 5.75 Å². The van der Waals surface area contributed by atoms with Gasteiger partial charge in [0.1, 0.15) is 16.3 Å². The molecule has 0 saturated carbocycles. The van der Waals surface area contributed by atoms with Gasteiger partial charge in [-0.05, 0) is 17.5 Å². The second-order valence-electron chi connectivity index (χ2n) is 8.36. The van der Waals surface area contributed by atoms with Gasteiger partial charge in [-0.2, -0.15) is 0 Å². The van der Waals surface area contributed by atoms with Crippen LogP contribution in [-0.2, 0) is 14.8 Å². The lowest BCUT2D eigenvalue weighted by molar-refractivity contribution is -0.121. The van der Waals surface area contributed by atoms with Crippen molar-refractivity contribution in [3.63, 3.8) is 0 Å². The summed E-state index contributed by atoms with van der Waals surface area (Å²) in [5.74, 6) is -0.836. The molecule has 31 heavy (non-hydrogen) atoms. The summed E-state index contributed by atoms with van der Waals surface area (Å²) in [7, 11) is -1.53. The molecule has 0 heterocycles. The molecule has 0 amide bonds. The van der Waals surface area contributed by atoms with Crippen LogP contribution in [0.15, 0.2) is 26.6 Å². The molecule has 2 aromatic rings. The molecule has 0 aliphatic heterocycles. The fourth-order valence-electron chi connectivity index (χ4n) is 2.99. The number of halogens is 1. The van der Waals surface area contributed by atoms with Gasteiger partial charge in [-0.1, -0.05) is 39.3 Å². The van der Waals surface area contributed by atoms with Crippen molar-refractivity contribution >= 4 is 44.5 Å². The Hall–Kier alpha value is -2.43. The number of ketones is 1. The fraction of sp³-hybridized carbons (Fsp3) is 0.450. The molecular weight excluding hydrogens is 446 g/mol. The lowest BCUT2D eigenvalue weighted by Gasteiger charge is -2.32. The number of benzene rings is 1. The third kappa shape index (κ3) is 4.60. The van der Waals surface area contributed by atoms with Gasteiger partial charge in [-0.15, -0.1) is 0 Å². The summed E-state index contributed by atoms with van der Waals surface area (Å²) in [4.78, 5) is 36.2. The van der Waals surface area contributed by atoms with Gasteiger partial charge in [-0.3, -0.25) is 14.4 Å². The third-order valence-electron chi connectivity index (χ3n) is 4.82. The van der Waals surface area contributed by atoms with Crippen LogP contribution in [0.4, 0.5) is 17.1 Å². The van der Waals surface area contributed by atoms with Gasteiger partial charge in [0.15, 0.2) is 11.5 Å². The smallest absolute Gasteiger partial charge is 0.253 e. The fourth-order valence-corrected chi connectivity index (χ4v) is 4.47. The highest BCUT2D eigenvalue weighted by molar-refractivity contribution is 7.89. The van der Waals surface area contributed by atoms with Crippen LogP contribution in [0.1, 0.15) is 34.1 Å². The largest absolute Gasteiger partial charge is 0.504 e. The summed E-state index contributed by atoms with van der Waals surface area (Å²) in [5, 5.41) is 15.8. The number of nitrogens with zero attached hydrogens (tertiary/aromatic N) is 1. The molecule has 0 fully saturated rings. The first-order valence-electron chi connectivity index (χ1n) is 9.48. The highest BCUT2D eigenvalue weighted by Crippen LogP contribution is 2.39. The van der Waals surface area contributed by atoms with Gasteiger partial charge in [0.25, 0.3) is 10.9 Å². The predicted molar refractivity (Wildman–Crippen MR) is 121 cm³/mol. The van der Waals surface area contributed by atoms with E-state index in [1.165, 1.54) is 26.2 Å². The van der Waals surface area contributed by atoms with Crippen LogP contribution in [0.25, 0.3) is 0 Å². The summed E-state index contributed by atoms with van der Waals surface area (Å²) in [6.45, 7) is 7.16. The number of carbonyl (C=O) groups excluding carboxylic acids is 1. The SMILES string of the molecule is CCC(=O)[C@H](Nc1c(Nc2ccc(Cl)c(S(=O)(=O)N(C)C)c2O)c(=O)c1=O)C(C)(C)C. The Labute approximate surface area is 185 Å². The molecule has 1 atom stereocenters. The molecule has 0 bridgehead atoms. The van der Waals surface area contributed by atoms with E-state index in [1.807, 2.05) is 20.8 Å². The number of Topliss-reactive ketones (excluding diaryl/α,β-unsaturated/α-hetero) is 1. The van der Waals surface area contributed by atoms with Crippen molar-refractivity contribution < 1.29 is 18.3 Å². The van der Waals surface area contributed by atoms with Crippen LogP contribution in [0.2, 0.25) is 5.02 Å². The standard InChI is InChI=1S/C20H26ClN3O6S/c1-7-12(25)19(20(2,3)4)23-14-13(16(27)17(14)28)22-11-9-8-10(21)18(15(11)26)31(29,30)24(5)6/h8-9,19,22-23,26H,7H2,1-6H3/t19-/m0/s1. The minimum absolute atomic E-state index is 0.0990. The lowest BCUT2D eigenvalue weighted by Crippen LogP contribution is -2.46. The maximum absolute atomic E-state index is 12.5. The van der Waals surface area contributed by atoms with E-state index in [-0.39, 0.29) is 34.3 Å². The Morgan fingerprint density at radius 2 is 1.71 bits per heavy atom. The van der Waals surface area contributed by atoms with Crippen molar-refractivity contribution in [2.24, 2.45) is 5.41 Å². The van der Waals surface area contributed by atoms with E-state index in [4.69, 9.17) is 11.6 Å². The van der Waals surface area contributed by atoms with E-state index in [0.29, 0.717) is 0 Å². The molecular formula is C20H26ClN3O6S. The van der Waals surface area contributed by atoms with Gasteiger partial charge in [-0.25, -0.2) is 12.7 Å². The monoisotopic (exact) mass is 471 g/mol. The molecule has 11 heteroatoms. The number of phenolic OH excluding ortho intramolecular Hbond substituents is 1. The maximum atomic E-state index is 12.5. The molecule has 9 nitrogen and oxygen atoms in total. The second-order valence-corrected chi connectivity index (χ2v) is 10.9. The number of sulfonamides is 1. The molecule has 0 saturated heterocycles. The average Bonchev–Trinajstić information content (AvgIpc) is 2.66. The second kappa shape index (κ2) is 8.60. The van der Waals surface area contributed by atoms with Crippen molar-refractivity contribution in [1.82, 2.24) is 4.31 Å². The number of hydrogen-bond acceptors (Lipinski definition) is 8. The first-order valence-corrected chi connectivity index (χ1v) is 11.3. The Morgan fingerprint density at radius 1 is 1.16 bits per heavy atom. The van der Waals surface area contributed by atoms with E-state index in [1.54, 1.807) is 6.92 Å². The quantitative estimate of drug-likeness (QED) is 0.395. The third-order valence-corrected chi connectivity index (χ3v) is 7.13. The molecule has 0 unspecified atom stereocenters. The maximum Gasteiger partial charge on any atom is 0.253 e. The van der Waals surface area contributed by atoms with Crippen LogP contribution >= 0.6 is 11.6 Å². The number of carbonyl (C=O) groups is 1. The first kappa shape index (κ1) is 24.8. The summed E-state index contributed by atoms with van der Waals surface area (Å²) in [5.41, 5.74) is -2.61. The Morgan fingerprint density at radius 3 is 2.19 bits per heavy atom. The first-order chi connectivity index (χ1) is 14.1. The van der Waals surface area contributed by atoms with Crippen LogP contribution in [0.5, 0.6) is 5.75 Å². The van der Waals surface area contributed by atoms with Gasteiger partial charge < -0.3 is 15.7 Å². The number of rotatable bonds is 8. The lowest BCUT2D eigenvalue weighted by atomic mass is 9.83. The summed E-state index contributed by atoms with van der Waals surface area (Å²) < 4.78 is 25.9. The minimum Gasteiger partial charge on any atom is -0.504 e. The molecule has 2 aromatic carbocycles. The molecule has 0 aliphatic carbocycles. The van der Waals surface area contributed by atoms with Gasteiger partial charge in [0.2, 0.25) is 10.0 Å². The van der Waals surface area contributed by atoms with Crippen LogP contribution in [-0.4, -0.2) is 43.7 Å². The van der Waals surface area contributed by atoms with E-state index >= 15 is 0 Å². The highest BCUT2D eigenvalue weighted by atomic mass is 35.5. The molecule has 3 N–H and O–H groups in total. The van der Waals surface area contributed by atoms with Gasteiger partial charge in [0.05, 0.1) is 16.8 Å². The summed E-state index contributed by atoms with van der Waals surface area (Å²) in [6, 6.07) is 1.80. The molecule has 2 rings (SSSR count). The molecule has 0 spiro atoms. The number of nitrogens with one attached hydrogen (secondary N) is 2. The van der Waals surface area contributed by atoms with Gasteiger partial charge >= 0.3 is 0 Å². The van der Waals surface area contributed by atoms with E-state index < -0.39 is 43.0 Å². The van der Waals surface area contributed by atoms with Crippen LogP contribution in [0.3, 0.4) is 0 Å². The van der Waals surface area contributed by atoms with Gasteiger partial charge in [0, 0.05) is 20.5 Å². The summed E-state index contributed by atoms with van der Waals surface area (Å²) >= 11 is 5.99. The Balaban J connectivity index is 2.52. The number of hydrogen-bond donors (Lipinski definition) is 3. The van der Waals surface area contributed by atoms with E-state index in [9.17, 15) is 27.9 Å². The number of anilines is 3. The molecule has 0 aliphatic rings. The topological polar surface area (TPSA) is 133 Å². The normalized spacial score (nSPS) is 13.4. The minimum atomic E-state index is -4.09. The molecule has 0 radical (unpaired) electrons. The predicted octanol–water partition coefficient (Wildman–Crippen LogP) is 2.44.